The standard InChI is InChI=1S/C20H22F2N2O4/c1-24(19(26)20(27)5-3-2-4-6-20)16-10-28-9-15-17(16)11-7-13(21)14(22)8-12(11)18(25)23-15/h7-8,16,27H,2-6,9-10H2,1H3,(H,23,25). The van der Waals surface area contributed by atoms with E-state index in [0.717, 1.165) is 31.4 Å². The summed E-state index contributed by atoms with van der Waals surface area (Å²) in [6.45, 7) is 0.230. The van der Waals surface area contributed by atoms with Gasteiger partial charge in [0.15, 0.2) is 11.6 Å². The van der Waals surface area contributed by atoms with Crippen LogP contribution in [0.25, 0.3) is 10.8 Å². The molecule has 0 saturated heterocycles. The first-order valence-electron chi connectivity index (χ1n) is 9.43. The lowest BCUT2D eigenvalue weighted by Crippen LogP contribution is -2.51. The SMILES string of the molecule is CN(C(=O)C1(O)CCCCC1)C1COCc2[nH]c(=O)c3cc(F)c(F)cc3c21. The summed E-state index contributed by atoms with van der Waals surface area (Å²) < 4.78 is 33.2. The summed E-state index contributed by atoms with van der Waals surface area (Å²) >= 11 is 0. The van der Waals surface area contributed by atoms with E-state index in [4.69, 9.17) is 4.74 Å². The lowest BCUT2D eigenvalue weighted by atomic mass is 9.83. The van der Waals surface area contributed by atoms with Gasteiger partial charge in [-0.05, 0) is 30.4 Å². The van der Waals surface area contributed by atoms with Gasteiger partial charge in [-0.25, -0.2) is 8.78 Å². The van der Waals surface area contributed by atoms with Gasteiger partial charge in [0.1, 0.15) is 5.60 Å². The number of nitrogens with zero attached hydrogens (tertiary/aromatic N) is 1. The topological polar surface area (TPSA) is 82.6 Å². The number of benzene rings is 1. The molecule has 0 bridgehead atoms. The number of fused-ring (bicyclic) bond motifs is 3. The van der Waals surface area contributed by atoms with Crippen LogP contribution < -0.4 is 5.56 Å². The molecule has 2 N–H and O–H groups in total. The number of rotatable bonds is 2. The van der Waals surface area contributed by atoms with E-state index in [9.17, 15) is 23.5 Å². The molecule has 4 rings (SSSR count). The summed E-state index contributed by atoms with van der Waals surface area (Å²) in [5, 5.41) is 11.1. The zero-order valence-corrected chi connectivity index (χ0v) is 15.6. The van der Waals surface area contributed by atoms with E-state index in [1.807, 2.05) is 0 Å². The average Bonchev–Trinajstić information content (AvgIpc) is 2.68. The van der Waals surface area contributed by atoms with Gasteiger partial charge < -0.3 is 19.7 Å². The van der Waals surface area contributed by atoms with E-state index in [1.165, 1.54) is 4.90 Å². The molecule has 1 saturated carbocycles. The molecule has 150 valence electrons. The average molecular weight is 392 g/mol. The number of ether oxygens (including phenoxy) is 1. The number of halogens is 2. The Morgan fingerprint density at radius 1 is 1.21 bits per heavy atom. The second kappa shape index (κ2) is 6.93. The van der Waals surface area contributed by atoms with Crippen molar-refractivity contribution in [3.63, 3.8) is 0 Å². The number of H-pyrrole nitrogens is 1. The molecule has 0 radical (unpaired) electrons. The molecular weight excluding hydrogens is 370 g/mol. The third kappa shape index (κ3) is 3.00. The van der Waals surface area contributed by atoms with Crippen LogP contribution in [0.2, 0.25) is 0 Å². The Balaban J connectivity index is 1.82. The van der Waals surface area contributed by atoms with Crippen molar-refractivity contribution in [1.82, 2.24) is 9.88 Å². The van der Waals surface area contributed by atoms with Crippen LogP contribution >= 0.6 is 0 Å². The van der Waals surface area contributed by atoms with E-state index in [1.54, 1.807) is 7.05 Å². The molecule has 1 amide bonds. The van der Waals surface area contributed by atoms with Crippen molar-refractivity contribution >= 4 is 16.7 Å². The minimum atomic E-state index is -1.43. The number of likely N-dealkylation sites (N-methyl/N-ethyl adjacent to an activating group) is 1. The summed E-state index contributed by atoms with van der Waals surface area (Å²) in [5.41, 5.74) is -1.03. The molecule has 28 heavy (non-hydrogen) atoms. The van der Waals surface area contributed by atoms with Crippen molar-refractivity contribution in [1.29, 1.82) is 0 Å². The van der Waals surface area contributed by atoms with Crippen molar-refractivity contribution in [3.05, 3.63) is 45.4 Å². The number of carbonyl (C=O) groups is 1. The number of nitrogens with one attached hydrogen (secondary N) is 1. The van der Waals surface area contributed by atoms with E-state index < -0.39 is 34.7 Å². The Morgan fingerprint density at radius 3 is 2.54 bits per heavy atom. The van der Waals surface area contributed by atoms with Crippen LogP contribution in [0.4, 0.5) is 8.78 Å². The van der Waals surface area contributed by atoms with Crippen LogP contribution in [-0.4, -0.2) is 40.2 Å². The van der Waals surface area contributed by atoms with Gasteiger partial charge in [0, 0.05) is 18.3 Å². The van der Waals surface area contributed by atoms with E-state index in [-0.39, 0.29) is 24.0 Å². The Labute approximate surface area is 160 Å². The molecule has 1 atom stereocenters. The van der Waals surface area contributed by atoms with Crippen LogP contribution in [0.1, 0.15) is 49.4 Å². The predicted molar refractivity (Wildman–Crippen MR) is 97.7 cm³/mol. The number of amides is 1. The fourth-order valence-corrected chi connectivity index (χ4v) is 4.37. The summed E-state index contributed by atoms with van der Waals surface area (Å²) in [6.07, 6.45) is 3.31. The fourth-order valence-electron chi connectivity index (χ4n) is 4.37. The number of aromatic amines is 1. The van der Waals surface area contributed by atoms with Crippen LogP contribution in [0.3, 0.4) is 0 Å². The molecule has 1 aromatic heterocycles. The van der Waals surface area contributed by atoms with Crippen LogP contribution in [-0.2, 0) is 16.1 Å². The third-order valence-corrected chi connectivity index (χ3v) is 5.91. The molecule has 1 aliphatic heterocycles. The van der Waals surface area contributed by atoms with Gasteiger partial charge in [-0.2, -0.15) is 0 Å². The van der Waals surface area contributed by atoms with E-state index >= 15 is 0 Å². The molecule has 1 aromatic carbocycles. The molecule has 2 aromatic rings. The highest BCUT2D eigenvalue weighted by Gasteiger charge is 2.42. The first-order valence-corrected chi connectivity index (χ1v) is 9.43. The third-order valence-electron chi connectivity index (χ3n) is 5.91. The lowest BCUT2D eigenvalue weighted by molar-refractivity contribution is -0.157. The number of aromatic nitrogens is 1. The van der Waals surface area contributed by atoms with Crippen molar-refractivity contribution < 1.29 is 23.4 Å². The van der Waals surface area contributed by atoms with Crippen molar-refractivity contribution in [2.75, 3.05) is 13.7 Å². The number of hydrogen-bond acceptors (Lipinski definition) is 4. The van der Waals surface area contributed by atoms with Gasteiger partial charge in [-0.1, -0.05) is 19.3 Å². The van der Waals surface area contributed by atoms with Crippen LogP contribution in [0, 0.1) is 11.6 Å². The second-order valence-electron chi connectivity index (χ2n) is 7.70. The van der Waals surface area contributed by atoms with Crippen molar-refractivity contribution in [2.24, 2.45) is 0 Å². The largest absolute Gasteiger partial charge is 0.380 e. The molecule has 6 nitrogen and oxygen atoms in total. The molecule has 2 heterocycles. The van der Waals surface area contributed by atoms with E-state index in [0.29, 0.717) is 24.1 Å². The Kier molecular flexibility index (Phi) is 4.71. The minimum absolute atomic E-state index is 0.0155. The maximum atomic E-state index is 13.9. The number of hydrogen-bond donors (Lipinski definition) is 2. The highest BCUT2D eigenvalue weighted by atomic mass is 19.2. The molecule has 0 spiro atoms. The summed E-state index contributed by atoms with van der Waals surface area (Å²) in [7, 11) is 1.56. The highest BCUT2D eigenvalue weighted by molar-refractivity contribution is 5.89. The van der Waals surface area contributed by atoms with Crippen LogP contribution in [0.15, 0.2) is 16.9 Å². The van der Waals surface area contributed by atoms with Gasteiger partial charge in [-0.15, -0.1) is 0 Å². The van der Waals surface area contributed by atoms with E-state index in [2.05, 4.69) is 4.98 Å². The first kappa shape index (κ1) is 19.0. The predicted octanol–water partition coefficient (Wildman–Crippen LogP) is 2.53. The zero-order valence-electron chi connectivity index (χ0n) is 15.6. The van der Waals surface area contributed by atoms with Crippen molar-refractivity contribution in [3.8, 4) is 0 Å². The smallest absolute Gasteiger partial charge is 0.256 e. The lowest BCUT2D eigenvalue weighted by Gasteiger charge is -2.39. The molecule has 1 aliphatic carbocycles. The Hall–Kier alpha value is -2.32. The van der Waals surface area contributed by atoms with Gasteiger partial charge >= 0.3 is 0 Å². The molecule has 1 fully saturated rings. The normalized spacial score (nSPS) is 21.4. The zero-order chi connectivity index (χ0) is 20.1. The molecule has 1 unspecified atom stereocenters. The summed E-state index contributed by atoms with van der Waals surface area (Å²) in [4.78, 5) is 29.4. The fraction of sp³-hybridized carbons (Fsp3) is 0.500. The van der Waals surface area contributed by atoms with Gasteiger partial charge in [0.05, 0.1) is 24.6 Å². The minimum Gasteiger partial charge on any atom is -0.380 e. The summed E-state index contributed by atoms with van der Waals surface area (Å²) in [5.74, 6) is -2.59. The van der Waals surface area contributed by atoms with Gasteiger partial charge in [0.25, 0.3) is 11.5 Å². The quantitative estimate of drug-likeness (QED) is 0.823. The highest BCUT2D eigenvalue weighted by Crippen LogP contribution is 2.37. The maximum absolute atomic E-state index is 13.9. The number of aliphatic hydroxyl groups is 1. The monoisotopic (exact) mass is 392 g/mol. The maximum Gasteiger partial charge on any atom is 0.256 e. The summed E-state index contributed by atoms with van der Waals surface area (Å²) in [6, 6.07) is 1.23. The number of pyridine rings is 1. The van der Waals surface area contributed by atoms with Gasteiger partial charge in [-0.3, -0.25) is 9.59 Å². The van der Waals surface area contributed by atoms with Crippen LogP contribution in [0.5, 0.6) is 0 Å². The number of carbonyl (C=O) groups excluding carboxylic acids is 1. The van der Waals surface area contributed by atoms with Crippen molar-refractivity contribution in [2.45, 2.75) is 50.4 Å². The van der Waals surface area contributed by atoms with Gasteiger partial charge in [0.2, 0.25) is 0 Å². The molecular formula is C20H22F2N2O4. The Morgan fingerprint density at radius 2 is 1.86 bits per heavy atom. The second-order valence-corrected chi connectivity index (χ2v) is 7.70. The molecule has 2 aliphatic rings. The first-order chi connectivity index (χ1) is 13.3. The Bertz CT molecular complexity index is 998. The molecule has 8 heteroatoms.